The first-order valence-corrected chi connectivity index (χ1v) is 9.26. The van der Waals surface area contributed by atoms with Crippen molar-refractivity contribution in [2.45, 2.75) is 13.3 Å². The fraction of sp³-hybridized carbons (Fsp3) is 0.238. The van der Waals surface area contributed by atoms with Gasteiger partial charge < -0.3 is 15.5 Å². The molecule has 2 aromatic carbocycles. The van der Waals surface area contributed by atoms with Gasteiger partial charge in [0.2, 0.25) is 5.95 Å². The molecule has 3 rings (SSSR count). The summed E-state index contributed by atoms with van der Waals surface area (Å²) in [7, 11) is 4.05. The number of benzene rings is 2. The number of nitrogens with one attached hydrogen (secondary N) is 2. The molecule has 1 heterocycles. The molecule has 140 valence electrons. The zero-order valence-corrected chi connectivity index (χ0v) is 16.6. The Morgan fingerprint density at radius 2 is 1.67 bits per heavy atom. The second-order valence-corrected chi connectivity index (χ2v) is 7.02. The maximum absolute atomic E-state index is 5.92. The van der Waals surface area contributed by atoms with Crippen molar-refractivity contribution in [3.8, 4) is 0 Å². The zero-order valence-electron chi connectivity index (χ0n) is 15.8. The van der Waals surface area contributed by atoms with Crippen molar-refractivity contribution in [1.82, 2.24) is 9.97 Å². The smallest absolute Gasteiger partial charge is 0.224 e. The van der Waals surface area contributed by atoms with Gasteiger partial charge in [-0.3, -0.25) is 0 Å². The van der Waals surface area contributed by atoms with E-state index in [-0.39, 0.29) is 0 Å². The highest BCUT2D eigenvalue weighted by atomic mass is 35.5. The van der Waals surface area contributed by atoms with Gasteiger partial charge in [-0.05, 0) is 55.3 Å². The Hall–Kier alpha value is -2.79. The summed E-state index contributed by atoms with van der Waals surface area (Å²) in [5, 5.41) is 7.39. The predicted octanol–water partition coefficient (Wildman–Crippen LogP) is 4.90. The lowest BCUT2D eigenvalue weighted by Crippen LogP contribution is -2.10. The lowest BCUT2D eigenvalue weighted by molar-refractivity contribution is 0.976. The van der Waals surface area contributed by atoms with Gasteiger partial charge in [0.1, 0.15) is 5.82 Å². The van der Waals surface area contributed by atoms with Crippen LogP contribution in [0.2, 0.25) is 5.02 Å². The molecule has 0 aliphatic carbocycles. The number of hydrogen-bond acceptors (Lipinski definition) is 5. The molecule has 0 bridgehead atoms. The van der Waals surface area contributed by atoms with Crippen LogP contribution in [-0.4, -0.2) is 30.6 Å². The Bertz CT molecular complexity index is 876. The number of rotatable bonds is 7. The predicted molar refractivity (Wildman–Crippen MR) is 114 cm³/mol. The highest BCUT2D eigenvalue weighted by molar-refractivity contribution is 6.30. The molecule has 0 spiro atoms. The average molecular weight is 382 g/mol. The normalized spacial score (nSPS) is 10.5. The minimum Gasteiger partial charge on any atom is -0.378 e. The summed E-state index contributed by atoms with van der Waals surface area (Å²) in [5.41, 5.74) is 4.28. The van der Waals surface area contributed by atoms with Gasteiger partial charge in [0.25, 0.3) is 0 Å². The van der Waals surface area contributed by atoms with Gasteiger partial charge in [-0.15, -0.1) is 0 Å². The molecule has 0 fully saturated rings. The van der Waals surface area contributed by atoms with E-state index in [0.717, 1.165) is 40.9 Å². The van der Waals surface area contributed by atoms with Crippen LogP contribution in [0.4, 0.5) is 23.1 Å². The van der Waals surface area contributed by atoms with E-state index in [4.69, 9.17) is 11.6 Å². The fourth-order valence-electron chi connectivity index (χ4n) is 2.67. The van der Waals surface area contributed by atoms with E-state index in [1.165, 1.54) is 5.56 Å². The van der Waals surface area contributed by atoms with Gasteiger partial charge >= 0.3 is 0 Å². The van der Waals surface area contributed by atoms with E-state index >= 15 is 0 Å². The molecule has 1 aromatic heterocycles. The SMILES string of the molecule is Cc1cc(Nc2ccc(N(C)C)cc2)nc(NCCc2ccc(Cl)cc2)n1. The molecule has 3 aromatic rings. The van der Waals surface area contributed by atoms with Crippen LogP contribution in [0.1, 0.15) is 11.3 Å². The zero-order chi connectivity index (χ0) is 19.2. The number of halogens is 1. The number of hydrogen-bond donors (Lipinski definition) is 2. The summed E-state index contributed by atoms with van der Waals surface area (Å²) in [4.78, 5) is 11.1. The van der Waals surface area contributed by atoms with Crippen LogP contribution in [-0.2, 0) is 6.42 Å². The summed E-state index contributed by atoms with van der Waals surface area (Å²) in [6.07, 6.45) is 0.878. The number of anilines is 4. The maximum atomic E-state index is 5.92. The van der Waals surface area contributed by atoms with Crippen LogP contribution in [0.25, 0.3) is 0 Å². The van der Waals surface area contributed by atoms with Crippen molar-refractivity contribution < 1.29 is 0 Å². The number of aromatic nitrogens is 2. The Balaban J connectivity index is 1.62. The highest BCUT2D eigenvalue weighted by Gasteiger charge is 2.04. The summed E-state index contributed by atoms with van der Waals surface area (Å²) < 4.78 is 0. The van der Waals surface area contributed by atoms with E-state index < -0.39 is 0 Å². The number of nitrogens with zero attached hydrogens (tertiary/aromatic N) is 3. The van der Waals surface area contributed by atoms with Crippen LogP contribution in [0.3, 0.4) is 0 Å². The first-order chi connectivity index (χ1) is 13.0. The minimum atomic E-state index is 0.622. The molecule has 0 aliphatic heterocycles. The van der Waals surface area contributed by atoms with Gasteiger partial charge in [-0.25, -0.2) is 4.98 Å². The Kier molecular flexibility index (Phi) is 6.14. The first kappa shape index (κ1) is 19.0. The molecule has 0 saturated carbocycles. The third-order valence-electron chi connectivity index (χ3n) is 4.12. The summed E-state index contributed by atoms with van der Waals surface area (Å²) in [5.74, 6) is 1.39. The van der Waals surface area contributed by atoms with Crippen LogP contribution < -0.4 is 15.5 Å². The average Bonchev–Trinajstić information content (AvgIpc) is 2.63. The van der Waals surface area contributed by atoms with E-state index in [1.54, 1.807) is 0 Å². The Morgan fingerprint density at radius 3 is 2.33 bits per heavy atom. The van der Waals surface area contributed by atoms with Crippen LogP contribution in [0.15, 0.2) is 54.6 Å². The molecular formula is C21H24ClN5. The number of aryl methyl sites for hydroxylation is 1. The van der Waals surface area contributed by atoms with E-state index in [9.17, 15) is 0 Å². The molecule has 6 heteroatoms. The van der Waals surface area contributed by atoms with Gasteiger partial charge in [0.05, 0.1) is 0 Å². The Labute approximate surface area is 165 Å². The summed E-state index contributed by atoms with van der Waals surface area (Å²) in [6.45, 7) is 2.72. The Morgan fingerprint density at radius 1 is 0.963 bits per heavy atom. The minimum absolute atomic E-state index is 0.622. The largest absolute Gasteiger partial charge is 0.378 e. The summed E-state index contributed by atoms with van der Waals surface area (Å²) >= 11 is 5.92. The lowest BCUT2D eigenvalue weighted by Gasteiger charge is -2.14. The molecule has 0 unspecified atom stereocenters. The molecule has 0 aliphatic rings. The molecular weight excluding hydrogens is 358 g/mol. The van der Waals surface area contributed by atoms with Gasteiger partial charge in [-0.1, -0.05) is 23.7 Å². The van der Waals surface area contributed by atoms with Gasteiger partial charge in [-0.2, -0.15) is 4.98 Å². The molecule has 27 heavy (non-hydrogen) atoms. The van der Waals surface area contributed by atoms with E-state index in [1.807, 2.05) is 63.5 Å². The van der Waals surface area contributed by atoms with Crippen LogP contribution in [0, 0.1) is 6.92 Å². The molecule has 0 atom stereocenters. The fourth-order valence-corrected chi connectivity index (χ4v) is 2.80. The van der Waals surface area contributed by atoms with Crippen molar-refractivity contribution in [1.29, 1.82) is 0 Å². The van der Waals surface area contributed by atoms with Crippen molar-refractivity contribution in [3.05, 3.63) is 70.9 Å². The van der Waals surface area contributed by atoms with E-state index in [2.05, 4.69) is 37.6 Å². The van der Waals surface area contributed by atoms with Crippen LogP contribution in [0.5, 0.6) is 0 Å². The molecule has 0 radical (unpaired) electrons. The monoisotopic (exact) mass is 381 g/mol. The molecule has 0 amide bonds. The molecule has 2 N–H and O–H groups in total. The topological polar surface area (TPSA) is 53.1 Å². The maximum Gasteiger partial charge on any atom is 0.224 e. The highest BCUT2D eigenvalue weighted by Crippen LogP contribution is 2.20. The molecule has 0 saturated heterocycles. The second-order valence-electron chi connectivity index (χ2n) is 6.59. The van der Waals surface area contributed by atoms with Crippen LogP contribution >= 0.6 is 11.6 Å². The van der Waals surface area contributed by atoms with Crippen molar-refractivity contribution in [2.24, 2.45) is 0 Å². The first-order valence-electron chi connectivity index (χ1n) is 8.88. The second kappa shape index (κ2) is 8.73. The summed E-state index contributed by atoms with van der Waals surface area (Å²) in [6, 6.07) is 18.0. The third-order valence-corrected chi connectivity index (χ3v) is 4.37. The quantitative estimate of drug-likeness (QED) is 0.609. The van der Waals surface area contributed by atoms with E-state index in [0.29, 0.717) is 5.95 Å². The van der Waals surface area contributed by atoms with Crippen molar-refractivity contribution in [2.75, 3.05) is 36.2 Å². The van der Waals surface area contributed by atoms with Crippen molar-refractivity contribution in [3.63, 3.8) is 0 Å². The van der Waals surface area contributed by atoms with Gasteiger partial charge in [0.15, 0.2) is 0 Å². The van der Waals surface area contributed by atoms with Crippen molar-refractivity contribution >= 4 is 34.7 Å². The lowest BCUT2D eigenvalue weighted by atomic mass is 10.1. The third kappa shape index (κ3) is 5.59. The standard InChI is InChI=1S/C21H24ClN5/c1-15-14-20(25-18-8-10-19(11-9-18)27(2)3)26-21(24-15)23-13-12-16-4-6-17(22)7-5-16/h4-11,14H,12-13H2,1-3H3,(H2,23,24,25,26). The van der Waals surface area contributed by atoms with Gasteiger partial charge in [0, 0.05) is 48.8 Å². The molecule has 5 nitrogen and oxygen atoms in total.